The summed E-state index contributed by atoms with van der Waals surface area (Å²) in [6.07, 6.45) is 1.15. The zero-order valence-electron chi connectivity index (χ0n) is 10.2. The van der Waals surface area contributed by atoms with Gasteiger partial charge in [-0.25, -0.2) is 8.78 Å². The molecule has 4 nitrogen and oxygen atoms in total. The quantitative estimate of drug-likeness (QED) is 0.827. The number of hydrogen-bond donors (Lipinski definition) is 0. The Balaban J connectivity index is 2.00. The van der Waals surface area contributed by atoms with Gasteiger partial charge in [0.25, 0.3) is 0 Å². The molecule has 1 aromatic heterocycles. The van der Waals surface area contributed by atoms with E-state index in [9.17, 15) is 8.78 Å². The molecule has 0 aromatic carbocycles. The van der Waals surface area contributed by atoms with Crippen molar-refractivity contribution in [3.63, 3.8) is 0 Å². The topological polar surface area (TPSA) is 62.7 Å². The monoisotopic (exact) mass is 255 g/mol. The van der Waals surface area contributed by atoms with Crippen molar-refractivity contribution in [3.8, 4) is 6.07 Å². The van der Waals surface area contributed by atoms with Crippen molar-refractivity contribution in [1.82, 2.24) is 10.1 Å². The minimum Gasteiger partial charge on any atom is -0.339 e. The maximum atomic E-state index is 13.1. The van der Waals surface area contributed by atoms with Crippen LogP contribution in [0, 0.1) is 11.3 Å². The van der Waals surface area contributed by atoms with E-state index in [1.165, 1.54) is 0 Å². The Morgan fingerprint density at radius 1 is 1.61 bits per heavy atom. The number of nitriles is 1. The first-order chi connectivity index (χ1) is 8.52. The first kappa shape index (κ1) is 12.9. The third kappa shape index (κ3) is 2.84. The van der Waals surface area contributed by atoms with E-state index >= 15 is 0 Å². The first-order valence-corrected chi connectivity index (χ1v) is 6.10. The number of hydrogen-bond acceptors (Lipinski definition) is 4. The summed E-state index contributed by atoms with van der Waals surface area (Å²) in [6.45, 7) is 1.89. The molecule has 1 fully saturated rings. The summed E-state index contributed by atoms with van der Waals surface area (Å²) in [4.78, 5) is 4.19. The lowest BCUT2D eigenvalue weighted by Crippen LogP contribution is -2.09. The smallest absolute Gasteiger partial charge is 0.248 e. The van der Waals surface area contributed by atoms with E-state index in [0.717, 1.165) is 0 Å². The van der Waals surface area contributed by atoms with Crippen LogP contribution in [0.5, 0.6) is 0 Å². The van der Waals surface area contributed by atoms with Crippen molar-refractivity contribution in [2.45, 2.75) is 56.8 Å². The Morgan fingerprint density at radius 2 is 2.39 bits per heavy atom. The van der Waals surface area contributed by atoms with Crippen LogP contribution < -0.4 is 0 Å². The highest BCUT2D eigenvalue weighted by atomic mass is 19.3. The SMILES string of the molecule is CC(CCC#N)c1nc(C2CCC(F)(F)C2)no1. The van der Waals surface area contributed by atoms with Crippen LogP contribution in [0.15, 0.2) is 4.52 Å². The molecule has 0 N–H and O–H groups in total. The third-order valence-electron chi connectivity index (χ3n) is 3.34. The number of aromatic nitrogens is 2. The molecule has 1 aliphatic carbocycles. The number of rotatable bonds is 4. The zero-order chi connectivity index (χ0) is 13.2. The second kappa shape index (κ2) is 5.01. The van der Waals surface area contributed by atoms with Crippen LogP contribution in [0.25, 0.3) is 0 Å². The maximum absolute atomic E-state index is 13.1. The fourth-order valence-corrected chi connectivity index (χ4v) is 2.19. The predicted molar refractivity (Wildman–Crippen MR) is 59.1 cm³/mol. The standard InChI is InChI=1S/C12H15F2N3O/c1-8(3-2-6-15)11-16-10(17-18-11)9-4-5-12(13,14)7-9/h8-9H,2-5,7H2,1H3. The van der Waals surface area contributed by atoms with E-state index < -0.39 is 5.92 Å². The molecule has 2 rings (SSSR count). The molecule has 98 valence electrons. The second-order valence-corrected chi connectivity index (χ2v) is 4.88. The molecular weight excluding hydrogens is 240 g/mol. The highest BCUT2D eigenvalue weighted by Crippen LogP contribution is 2.43. The van der Waals surface area contributed by atoms with Gasteiger partial charge in [0.1, 0.15) is 0 Å². The fourth-order valence-electron chi connectivity index (χ4n) is 2.19. The molecule has 2 unspecified atom stereocenters. The molecule has 0 aliphatic heterocycles. The first-order valence-electron chi connectivity index (χ1n) is 6.10. The van der Waals surface area contributed by atoms with Gasteiger partial charge in [-0.3, -0.25) is 0 Å². The van der Waals surface area contributed by atoms with Gasteiger partial charge in [0.2, 0.25) is 11.8 Å². The van der Waals surface area contributed by atoms with Gasteiger partial charge in [-0.05, 0) is 12.8 Å². The summed E-state index contributed by atoms with van der Waals surface area (Å²) >= 11 is 0. The third-order valence-corrected chi connectivity index (χ3v) is 3.34. The molecule has 1 aliphatic rings. The van der Waals surface area contributed by atoms with Crippen LogP contribution in [0.2, 0.25) is 0 Å². The summed E-state index contributed by atoms with van der Waals surface area (Å²) in [6, 6.07) is 2.05. The summed E-state index contributed by atoms with van der Waals surface area (Å²) in [7, 11) is 0. The van der Waals surface area contributed by atoms with Crippen LogP contribution in [0.1, 0.15) is 62.6 Å². The summed E-state index contributed by atoms with van der Waals surface area (Å²) in [5.74, 6) is -2.09. The molecule has 2 atom stereocenters. The van der Waals surface area contributed by atoms with Crippen molar-refractivity contribution in [2.75, 3.05) is 0 Å². The molecule has 6 heteroatoms. The van der Waals surface area contributed by atoms with Crippen molar-refractivity contribution < 1.29 is 13.3 Å². The van der Waals surface area contributed by atoms with E-state index in [-0.39, 0.29) is 24.7 Å². The molecule has 0 saturated heterocycles. The van der Waals surface area contributed by atoms with Gasteiger partial charge in [-0.1, -0.05) is 12.1 Å². The minimum absolute atomic E-state index is 0.00665. The summed E-state index contributed by atoms with van der Waals surface area (Å²) in [5.41, 5.74) is 0. The lowest BCUT2D eigenvalue weighted by Gasteiger charge is -2.06. The van der Waals surface area contributed by atoms with Crippen LogP contribution in [0.4, 0.5) is 8.78 Å². The van der Waals surface area contributed by atoms with Crippen molar-refractivity contribution >= 4 is 0 Å². The molecule has 1 aromatic rings. The fraction of sp³-hybridized carbons (Fsp3) is 0.750. The Kier molecular flexibility index (Phi) is 3.60. The van der Waals surface area contributed by atoms with E-state index in [4.69, 9.17) is 9.78 Å². The Hall–Kier alpha value is -1.51. The van der Waals surface area contributed by atoms with Crippen LogP contribution >= 0.6 is 0 Å². The van der Waals surface area contributed by atoms with Crippen molar-refractivity contribution in [3.05, 3.63) is 11.7 Å². The Bertz CT molecular complexity index is 452. The van der Waals surface area contributed by atoms with Gasteiger partial charge < -0.3 is 4.52 Å². The van der Waals surface area contributed by atoms with Crippen LogP contribution in [-0.2, 0) is 0 Å². The molecule has 18 heavy (non-hydrogen) atoms. The predicted octanol–water partition coefficient (Wildman–Crippen LogP) is 3.38. The average Bonchev–Trinajstić information content (AvgIpc) is 2.92. The van der Waals surface area contributed by atoms with Crippen molar-refractivity contribution in [1.29, 1.82) is 5.26 Å². The number of halogens is 2. The molecule has 1 heterocycles. The Labute approximate surface area is 104 Å². The Morgan fingerprint density at radius 3 is 3.00 bits per heavy atom. The average molecular weight is 255 g/mol. The molecule has 0 radical (unpaired) electrons. The molecular formula is C12H15F2N3O. The van der Waals surface area contributed by atoms with Gasteiger partial charge >= 0.3 is 0 Å². The van der Waals surface area contributed by atoms with Gasteiger partial charge in [0, 0.05) is 31.1 Å². The minimum atomic E-state index is -2.60. The lowest BCUT2D eigenvalue weighted by atomic mass is 10.1. The van der Waals surface area contributed by atoms with Crippen molar-refractivity contribution in [2.24, 2.45) is 0 Å². The van der Waals surface area contributed by atoms with E-state index in [2.05, 4.69) is 16.2 Å². The second-order valence-electron chi connectivity index (χ2n) is 4.88. The largest absolute Gasteiger partial charge is 0.339 e. The summed E-state index contributed by atoms with van der Waals surface area (Å²) < 4.78 is 31.3. The van der Waals surface area contributed by atoms with Gasteiger partial charge in [-0.2, -0.15) is 10.2 Å². The molecule has 0 spiro atoms. The molecule has 1 saturated carbocycles. The van der Waals surface area contributed by atoms with Crippen LogP contribution in [-0.4, -0.2) is 16.1 Å². The maximum Gasteiger partial charge on any atom is 0.248 e. The highest BCUT2D eigenvalue weighted by Gasteiger charge is 2.42. The van der Waals surface area contributed by atoms with Gasteiger partial charge in [0.05, 0.1) is 6.07 Å². The number of alkyl halides is 2. The molecule has 0 amide bonds. The van der Waals surface area contributed by atoms with Gasteiger partial charge in [-0.15, -0.1) is 0 Å². The lowest BCUT2D eigenvalue weighted by molar-refractivity contribution is 0.00749. The number of nitrogens with zero attached hydrogens (tertiary/aromatic N) is 3. The van der Waals surface area contributed by atoms with E-state index in [1.807, 2.05) is 6.92 Å². The normalized spacial score (nSPS) is 23.8. The van der Waals surface area contributed by atoms with E-state index in [0.29, 0.717) is 31.0 Å². The van der Waals surface area contributed by atoms with E-state index in [1.54, 1.807) is 0 Å². The highest BCUT2D eigenvalue weighted by molar-refractivity contribution is 5.03. The summed E-state index contributed by atoms with van der Waals surface area (Å²) in [5, 5.41) is 12.3. The molecule has 0 bridgehead atoms. The van der Waals surface area contributed by atoms with Gasteiger partial charge in [0.15, 0.2) is 5.82 Å². The zero-order valence-corrected chi connectivity index (χ0v) is 10.2. The van der Waals surface area contributed by atoms with Crippen LogP contribution in [0.3, 0.4) is 0 Å².